The van der Waals surface area contributed by atoms with Crippen LogP contribution in [0.1, 0.15) is 36.7 Å². The summed E-state index contributed by atoms with van der Waals surface area (Å²) in [6.07, 6.45) is 2.10. The fourth-order valence-electron chi connectivity index (χ4n) is 2.38. The summed E-state index contributed by atoms with van der Waals surface area (Å²) in [7, 11) is 1.72. The third kappa shape index (κ3) is 3.07. The third-order valence-electron chi connectivity index (χ3n) is 3.69. The number of halogens is 2. The van der Waals surface area contributed by atoms with Crippen molar-refractivity contribution < 1.29 is 9.90 Å². The van der Waals surface area contributed by atoms with E-state index >= 15 is 0 Å². The van der Waals surface area contributed by atoms with Gasteiger partial charge in [-0.25, -0.2) is 0 Å². The van der Waals surface area contributed by atoms with Gasteiger partial charge in [-0.3, -0.25) is 4.79 Å². The largest absolute Gasteiger partial charge is 0.390 e. The van der Waals surface area contributed by atoms with E-state index in [4.69, 9.17) is 23.2 Å². The quantitative estimate of drug-likeness (QED) is 0.867. The molecule has 19 heavy (non-hydrogen) atoms. The minimum Gasteiger partial charge on any atom is -0.390 e. The molecule has 1 atom stereocenters. The second kappa shape index (κ2) is 5.35. The number of hydrogen-bond donors (Lipinski definition) is 1. The number of aromatic nitrogens is 1. The van der Waals surface area contributed by atoms with Gasteiger partial charge in [-0.1, -0.05) is 23.2 Å². The van der Waals surface area contributed by atoms with Crippen molar-refractivity contribution in [1.29, 1.82) is 0 Å². The molecule has 4 nitrogen and oxygen atoms in total. The van der Waals surface area contributed by atoms with Crippen LogP contribution in [0.2, 0.25) is 10.2 Å². The summed E-state index contributed by atoms with van der Waals surface area (Å²) in [6.45, 7) is 3.01. The Bertz CT molecular complexity index is 497. The standard InChI is InChI=1S/C13H18Cl2N2O2/c1-13(19)4-3-6-17(7-5-13)12(18)10-8-9(14)11(15)16(10)2/h8,19H,3-7H2,1-2H3. The lowest BCUT2D eigenvalue weighted by molar-refractivity contribution is 0.0437. The molecule has 1 aromatic rings. The Balaban J connectivity index is 2.17. The summed E-state index contributed by atoms with van der Waals surface area (Å²) >= 11 is 11.9. The SMILES string of the molecule is Cn1c(C(=O)N2CCCC(C)(O)CC2)cc(Cl)c1Cl. The molecule has 1 N–H and O–H groups in total. The Labute approximate surface area is 122 Å². The van der Waals surface area contributed by atoms with E-state index in [9.17, 15) is 9.90 Å². The summed E-state index contributed by atoms with van der Waals surface area (Å²) in [5.74, 6) is -0.0889. The second-order valence-corrected chi connectivity index (χ2v) is 6.14. The molecule has 2 heterocycles. The van der Waals surface area contributed by atoms with Crippen LogP contribution in [0.3, 0.4) is 0 Å². The third-order valence-corrected chi connectivity index (χ3v) is 4.53. The average Bonchev–Trinajstić information content (AvgIpc) is 2.53. The van der Waals surface area contributed by atoms with Gasteiger partial charge in [-0.2, -0.15) is 0 Å². The summed E-state index contributed by atoms with van der Waals surface area (Å²) < 4.78 is 1.59. The van der Waals surface area contributed by atoms with Crippen molar-refractivity contribution in [2.24, 2.45) is 7.05 Å². The van der Waals surface area contributed by atoms with Gasteiger partial charge < -0.3 is 14.6 Å². The van der Waals surface area contributed by atoms with Crippen LogP contribution in [0.25, 0.3) is 0 Å². The van der Waals surface area contributed by atoms with Gasteiger partial charge in [-0.05, 0) is 32.3 Å². The van der Waals surface area contributed by atoms with Crippen molar-refractivity contribution in [3.05, 3.63) is 21.9 Å². The fourth-order valence-corrected chi connectivity index (χ4v) is 2.75. The minimum absolute atomic E-state index is 0.0889. The molecule has 2 rings (SSSR count). The number of aliphatic hydroxyl groups is 1. The highest BCUT2D eigenvalue weighted by Gasteiger charge is 2.28. The smallest absolute Gasteiger partial charge is 0.270 e. The van der Waals surface area contributed by atoms with Crippen LogP contribution in [0.4, 0.5) is 0 Å². The van der Waals surface area contributed by atoms with Crippen LogP contribution >= 0.6 is 23.2 Å². The molecule has 0 saturated carbocycles. The summed E-state index contributed by atoms with van der Waals surface area (Å²) in [5.41, 5.74) is -0.199. The van der Waals surface area contributed by atoms with Gasteiger partial charge in [0.25, 0.3) is 5.91 Å². The molecule has 1 aliphatic rings. The van der Waals surface area contributed by atoms with E-state index in [-0.39, 0.29) is 5.91 Å². The Morgan fingerprint density at radius 3 is 2.63 bits per heavy atom. The molecular weight excluding hydrogens is 287 g/mol. The normalized spacial score (nSPS) is 24.4. The van der Waals surface area contributed by atoms with Crippen molar-refractivity contribution in [3.63, 3.8) is 0 Å². The van der Waals surface area contributed by atoms with Gasteiger partial charge in [0.05, 0.1) is 10.6 Å². The van der Waals surface area contributed by atoms with E-state index in [0.717, 1.165) is 6.42 Å². The lowest BCUT2D eigenvalue weighted by Crippen LogP contribution is -2.34. The predicted octanol–water partition coefficient (Wildman–Crippen LogP) is 2.71. The first-order valence-electron chi connectivity index (χ1n) is 6.34. The highest BCUT2D eigenvalue weighted by molar-refractivity contribution is 6.41. The van der Waals surface area contributed by atoms with Crippen LogP contribution in [-0.2, 0) is 7.05 Å². The summed E-state index contributed by atoms with van der Waals surface area (Å²) in [4.78, 5) is 14.2. The zero-order valence-corrected chi connectivity index (χ0v) is 12.6. The first-order valence-corrected chi connectivity index (χ1v) is 7.10. The molecule has 106 valence electrons. The Hall–Kier alpha value is -0.710. The molecule has 1 unspecified atom stereocenters. The molecule has 1 aliphatic heterocycles. The second-order valence-electron chi connectivity index (χ2n) is 5.37. The van der Waals surface area contributed by atoms with Crippen LogP contribution in [0, 0.1) is 0 Å². The van der Waals surface area contributed by atoms with E-state index in [1.165, 1.54) is 0 Å². The number of hydrogen-bond acceptors (Lipinski definition) is 2. The maximum atomic E-state index is 12.5. The number of carbonyl (C=O) groups excluding carboxylic acids is 1. The van der Waals surface area contributed by atoms with Crippen LogP contribution in [0.5, 0.6) is 0 Å². The first-order chi connectivity index (χ1) is 8.82. The van der Waals surface area contributed by atoms with Gasteiger partial charge >= 0.3 is 0 Å². The average molecular weight is 305 g/mol. The maximum absolute atomic E-state index is 12.5. The Kier molecular flexibility index (Phi) is 4.14. The van der Waals surface area contributed by atoms with E-state index < -0.39 is 5.60 Å². The highest BCUT2D eigenvalue weighted by Crippen LogP contribution is 2.27. The lowest BCUT2D eigenvalue weighted by atomic mass is 9.98. The topological polar surface area (TPSA) is 45.5 Å². The molecule has 1 amide bonds. The number of nitrogens with zero attached hydrogens (tertiary/aromatic N) is 2. The number of carbonyl (C=O) groups is 1. The first kappa shape index (κ1) is 14.7. The van der Waals surface area contributed by atoms with Crippen LogP contribution in [-0.4, -0.2) is 39.2 Å². The fraction of sp³-hybridized carbons (Fsp3) is 0.615. The van der Waals surface area contributed by atoms with Crippen LogP contribution < -0.4 is 0 Å². The van der Waals surface area contributed by atoms with E-state index in [0.29, 0.717) is 41.8 Å². The van der Waals surface area contributed by atoms with Crippen molar-refractivity contribution in [1.82, 2.24) is 9.47 Å². The molecule has 1 saturated heterocycles. The Morgan fingerprint density at radius 1 is 1.37 bits per heavy atom. The molecule has 1 aromatic heterocycles. The molecule has 1 fully saturated rings. The van der Waals surface area contributed by atoms with Gasteiger partial charge in [0, 0.05) is 20.1 Å². The van der Waals surface area contributed by atoms with E-state index in [1.54, 1.807) is 22.6 Å². The number of rotatable bonds is 1. The molecule has 0 aliphatic carbocycles. The van der Waals surface area contributed by atoms with Gasteiger partial charge in [0.15, 0.2) is 0 Å². The monoisotopic (exact) mass is 304 g/mol. The predicted molar refractivity (Wildman–Crippen MR) is 75.8 cm³/mol. The molecule has 0 aromatic carbocycles. The minimum atomic E-state index is -0.682. The summed E-state index contributed by atoms with van der Waals surface area (Å²) in [5, 5.41) is 10.8. The summed E-state index contributed by atoms with van der Waals surface area (Å²) in [6, 6.07) is 1.59. The van der Waals surface area contributed by atoms with E-state index in [2.05, 4.69) is 0 Å². The molecule has 0 spiro atoms. The number of likely N-dealkylation sites (tertiary alicyclic amines) is 1. The number of amides is 1. The van der Waals surface area contributed by atoms with Crippen molar-refractivity contribution >= 4 is 29.1 Å². The van der Waals surface area contributed by atoms with Gasteiger partial charge in [0.1, 0.15) is 10.8 Å². The molecule has 0 bridgehead atoms. The van der Waals surface area contributed by atoms with Crippen LogP contribution in [0.15, 0.2) is 6.07 Å². The van der Waals surface area contributed by atoms with Crippen molar-refractivity contribution in [3.8, 4) is 0 Å². The zero-order valence-electron chi connectivity index (χ0n) is 11.1. The zero-order chi connectivity index (χ0) is 14.2. The van der Waals surface area contributed by atoms with Crippen molar-refractivity contribution in [2.45, 2.75) is 31.8 Å². The van der Waals surface area contributed by atoms with Crippen molar-refractivity contribution in [2.75, 3.05) is 13.1 Å². The molecule has 6 heteroatoms. The van der Waals surface area contributed by atoms with Gasteiger partial charge in [0.2, 0.25) is 0 Å². The lowest BCUT2D eigenvalue weighted by Gasteiger charge is -2.22. The maximum Gasteiger partial charge on any atom is 0.270 e. The highest BCUT2D eigenvalue weighted by atomic mass is 35.5. The van der Waals surface area contributed by atoms with Gasteiger partial charge in [-0.15, -0.1) is 0 Å². The molecule has 0 radical (unpaired) electrons. The van der Waals surface area contributed by atoms with E-state index in [1.807, 2.05) is 6.92 Å². The Morgan fingerprint density at radius 2 is 2.05 bits per heavy atom. The molecular formula is C13H18Cl2N2O2.